The van der Waals surface area contributed by atoms with Crippen LogP contribution in [0, 0.1) is 0 Å². The van der Waals surface area contributed by atoms with Gasteiger partial charge in [0.25, 0.3) is 0 Å². The molecule has 104 valence electrons. The van der Waals surface area contributed by atoms with E-state index < -0.39 is 0 Å². The van der Waals surface area contributed by atoms with Crippen LogP contribution in [0.15, 0.2) is 47.5 Å². The first kappa shape index (κ1) is 13.7. The molecule has 1 amide bonds. The molecule has 0 saturated heterocycles. The number of nitrogens with one attached hydrogen (secondary N) is 1. The molecule has 20 heavy (non-hydrogen) atoms. The quantitative estimate of drug-likeness (QED) is 0.872. The molecule has 0 aliphatic rings. The van der Waals surface area contributed by atoms with Gasteiger partial charge in [0.1, 0.15) is 12.3 Å². The molecule has 0 radical (unpaired) electrons. The van der Waals surface area contributed by atoms with E-state index in [0.29, 0.717) is 11.4 Å². The Morgan fingerprint density at radius 2 is 2.10 bits per heavy atom. The van der Waals surface area contributed by atoms with Crippen molar-refractivity contribution in [2.75, 3.05) is 18.2 Å². The third-order valence-electron chi connectivity index (χ3n) is 2.71. The number of aromatic nitrogens is 1. The van der Waals surface area contributed by atoms with Crippen molar-refractivity contribution >= 4 is 17.3 Å². The molecule has 0 bridgehead atoms. The van der Waals surface area contributed by atoms with E-state index in [9.17, 15) is 9.59 Å². The summed E-state index contributed by atoms with van der Waals surface area (Å²) < 4.78 is 6.69. The highest BCUT2D eigenvalue weighted by Gasteiger charge is 2.07. The van der Waals surface area contributed by atoms with Gasteiger partial charge in [0.15, 0.2) is 0 Å². The summed E-state index contributed by atoms with van der Waals surface area (Å²) in [6.45, 7) is 0.0581. The first-order valence-corrected chi connectivity index (χ1v) is 5.98. The molecule has 6 heteroatoms. The van der Waals surface area contributed by atoms with Gasteiger partial charge in [0.2, 0.25) is 11.3 Å². The Kier molecular flexibility index (Phi) is 4.05. The van der Waals surface area contributed by atoms with E-state index in [1.165, 1.54) is 25.6 Å². The lowest BCUT2D eigenvalue weighted by Gasteiger charge is -2.11. The molecule has 1 aromatic heterocycles. The number of hydrogen-bond acceptors (Lipinski definition) is 4. The number of benzene rings is 1. The van der Waals surface area contributed by atoms with E-state index in [1.807, 2.05) is 6.07 Å². The fourth-order valence-corrected chi connectivity index (χ4v) is 1.75. The van der Waals surface area contributed by atoms with Crippen molar-refractivity contribution < 1.29 is 9.53 Å². The summed E-state index contributed by atoms with van der Waals surface area (Å²) in [6.07, 6.45) is 2.95. The average Bonchev–Trinajstić information content (AvgIpc) is 2.43. The maximum Gasteiger partial charge on any atom is 0.244 e. The highest BCUT2D eigenvalue weighted by atomic mass is 16.5. The smallest absolute Gasteiger partial charge is 0.244 e. The molecule has 2 rings (SSSR count). The number of ether oxygens (including phenoxy) is 1. The standard InChI is InChI=1S/C14H15N3O3/c1-20-13-5-3-2-4-11(13)16-14(19)9-17-7-6-12(18)10(15)8-17/h2-8H,9,15H2,1H3,(H,16,19). The number of nitrogen functional groups attached to an aromatic ring is 1. The van der Waals surface area contributed by atoms with Crippen LogP contribution in [0.5, 0.6) is 5.75 Å². The first-order chi connectivity index (χ1) is 9.60. The number of amides is 1. The summed E-state index contributed by atoms with van der Waals surface area (Å²) in [4.78, 5) is 23.1. The van der Waals surface area contributed by atoms with Gasteiger partial charge in [0, 0.05) is 18.5 Å². The molecule has 0 aliphatic heterocycles. The predicted octanol–water partition coefficient (Wildman–Crippen LogP) is 1.08. The topological polar surface area (TPSA) is 86.3 Å². The molecular weight excluding hydrogens is 258 g/mol. The highest BCUT2D eigenvalue weighted by molar-refractivity contribution is 5.92. The van der Waals surface area contributed by atoms with Crippen LogP contribution in [0.2, 0.25) is 0 Å². The molecule has 2 aromatic rings. The fourth-order valence-electron chi connectivity index (χ4n) is 1.75. The van der Waals surface area contributed by atoms with E-state index in [-0.39, 0.29) is 23.6 Å². The van der Waals surface area contributed by atoms with Crippen molar-refractivity contribution in [2.24, 2.45) is 0 Å². The zero-order valence-electron chi connectivity index (χ0n) is 11.0. The van der Waals surface area contributed by atoms with Gasteiger partial charge in [-0.15, -0.1) is 0 Å². The lowest BCUT2D eigenvalue weighted by Crippen LogP contribution is -2.20. The summed E-state index contributed by atoms with van der Waals surface area (Å²) in [7, 11) is 1.54. The van der Waals surface area contributed by atoms with Crippen molar-refractivity contribution in [1.29, 1.82) is 0 Å². The number of methoxy groups -OCH3 is 1. The number of carbonyl (C=O) groups is 1. The molecule has 6 nitrogen and oxygen atoms in total. The van der Waals surface area contributed by atoms with E-state index in [4.69, 9.17) is 10.5 Å². The van der Waals surface area contributed by atoms with Crippen molar-refractivity contribution in [1.82, 2.24) is 4.57 Å². The van der Waals surface area contributed by atoms with Gasteiger partial charge >= 0.3 is 0 Å². The van der Waals surface area contributed by atoms with Gasteiger partial charge in [-0.05, 0) is 12.1 Å². The SMILES string of the molecule is COc1ccccc1NC(=O)Cn1ccc(=O)c(N)c1. The monoisotopic (exact) mass is 273 g/mol. The lowest BCUT2D eigenvalue weighted by atomic mass is 10.3. The Balaban J connectivity index is 2.09. The summed E-state index contributed by atoms with van der Waals surface area (Å²) in [5.74, 6) is 0.345. The van der Waals surface area contributed by atoms with Crippen LogP contribution in [0.4, 0.5) is 11.4 Å². The van der Waals surface area contributed by atoms with Crippen LogP contribution in [-0.2, 0) is 11.3 Å². The lowest BCUT2D eigenvalue weighted by molar-refractivity contribution is -0.116. The number of pyridine rings is 1. The Labute approximate surface area is 115 Å². The van der Waals surface area contributed by atoms with Crippen LogP contribution >= 0.6 is 0 Å². The van der Waals surface area contributed by atoms with E-state index in [1.54, 1.807) is 22.8 Å². The summed E-state index contributed by atoms with van der Waals surface area (Å²) in [6, 6.07) is 8.45. The molecular formula is C14H15N3O3. The molecule has 0 atom stereocenters. The Morgan fingerprint density at radius 1 is 1.35 bits per heavy atom. The summed E-state index contributed by atoms with van der Waals surface area (Å²) in [5, 5.41) is 2.74. The first-order valence-electron chi connectivity index (χ1n) is 5.98. The number of anilines is 2. The Bertz CT molecular complexity index is 679. The van der Waals surface area contributed by atoms with E-state index >= 15 is 0 Å². The van der Waals surface area contributed by atoms with Crippen molar-refractivity contribution in [2.45, 2.75) is 6.54 Å². The van der Waals surface area contributed by atoms with Gasteiger partial charge in [-0.25, -0.2) is 0 Å². The molecule has 1 heterocycles. The van der Waals surface area contributed by atoms with Gasteiger partial charge in [-0.1, -0.05) is 12.1 Å². The van der Waals surface area contributed by atoms with Gasteiger partial charge < -0.3 is 20.4 Å². The maximum atomic E-state index is 11.9. The Hall–Kier alpha value is -2.76. The third-order valence-corrected chi connectivity index (χ3v) is 2.71. The van der Waals surface area contributed by atoms with Gasteiger partial charge in [-0.2, -0.15) is 0 Å². The molecule has 1 aromatic carbocycles. The molecule has 0 spiro atoms. The number of nitrogens with zero attached hydrogens (tertiary/aromatic N) is 1. The zero-order chi connectivity index (χ0) is 14.5. The van der Waals surface area contributed by atoms with Crippen LogP contribution in [-0.4, -0.2) is 17.6 Å². The summed E-state index contributed by atoms with van der Waals surface area (Å²) >= 11 is 0. The minimum absolute atomic E-state index is 0.0581. The highest BCUT2D eigenvalue weighted by Crippen LogP contribution is 2.22. The van der Waals surface area contributed by atoms with Crippen molar-refractivity contribution in [3.8, 4) is 5.75 Å². The van der Waals surface area contributed by atoms with Crippen LogP contribution in [0.1, 0.15) is 0 Å². The average molecular weight is 273 g/mol. The number of carbonyl (C=O) groups excluding carboxylic acids is 1. The second-order valence-electron chi connectivity index (χ2n) is 4.19. The zero-order valence-corrected chi connectivity index (χ0v) is 11.0. The van der Waals surface area contributed by atoms with Crippen molar-refractivity contribution in [3.05, 3.63) is 52.9 Å². The number of para-hydroxylation sites is 2. The van der Waals surface area contributed by atoms with E-state index in [0.717, 1.165) is 0 Å². The van der Waals surface area contributed by atoms with Gasteiger partial charge in [-0.3, -0.25) is 9.59 Å². The normalized spacial score (nSPS) is 10.1. The maximum absolute atomic E-state index is 11.9. The van der Waals surface area contributed by atoms with Gasteiger partial charge in [0.05, 0.1) is 18.5 Å². The van der Waals surface area contributed by atoms with Crippen LogP contribution in [0.25, 0.3) is 0 Å². The molecule has 0 saturated carbocycles. The summed E-state index contributed by atoms with van der Waals surface area (Å²) in [5.41, 5.74) is 5.95. The molecule has 3 N–H and O–H groups in total. The van der Waals surface area contributed by atoms with Crippen LogP contribution < -0.4 is 21.2 Å². The van der Waals surface area contributed by atoms with E-state index in [2.05, 4.69) is 5.32 Å². The largest absolute Gasteiger partial charge is 0.495 e. The number of rotatable bonds is 4. The minimum atomic E-state index is -0.258. The predicted molar refractivity (Wildman–Crippen MR) is 76.7 cm³/mol. The third kappa shape index (κ3) is 3.17. The fraction of sp³-hybridized carbons (Fsp3) is 0.143. The molecule has 0 aliphatic carbocycles. The Morgan fingerprint density at radius 3 is 2.80 bits per heavy atom. The number of hydrogen-bond donors (Lipinski definition) is 2. The van der Waals surface area contributed by atoms with Crippen LogP contribution in [0.3, 0.4) is 0 Å². The molecule has 0 unspecified atom stereocenters. The molecule has 0 fully saturated rings. The number of nitrogens with two attached hydrogens (primary N) is 1. The second-order valence-corrected chi connectivity index (χ2v) is 4.19. The minimum Gasteiger partial charge on any atom is -0.495 e. The second kappa shape index (κ2) is 5.92. The van der Waals surface area contributed by atoms with Crippen molar-refractivity contribution in [3.63, 3.8) is 0 Å².